The number of carbonyl (C=O) groups is 3. The molecular weight excluding hydrogens is 282 g/mol. The fourth-order valence-corrected chi connectivity index (χ4v) is 4.05. The van der Waals surface area contributed by atoms with Gasteiger partial charge in [0.2, 0.25) is 11.8 Å². The number of imide groups is 1. The van der Waals surface area contributed by atoms with Crippen molar-refractivity contribution in [2.24, 2.45) is 5.41 Å². The monoisotopic (exact) mass is 307 g/mol. The Bertz CT molecular complexity index is 461. The van der Waals surface area contributed by atoms with Crippen LogP contribution in [0.5, 0.6) is 0 Å². The molecule has 4 amide bonds. The van der Waals surface area contributed by atoms with E-state index in [2.05, 4.69) is 5.32 Å². The highest BCUT2D eigenvalue weighted by Gasteiger charge is 2.37. The van der Waals surface area contributed by atoms with Crippen molar-refractivity contribution in [2.45, 2.75) is 51.4 Å². The van der Waals surface area contributed by atoms with Crippen molar-refractivity contribution < 1.29 is 14.4 Å². The second-order valence-corrected chi connectivity index (χ2v) is 6.97. The Kier molecular flexibility index (Phi) is 4.36. The largest absolute Gasteiger partial charge is 0.341 e. The van der Waals surface area contributed by atoms with Crippen LogP contribution >= 0.6 is 0 Å². The normalized spacial score (nSPS) is 25.3. The summed E-state index contributed by atoms with van der Waals surface area (Å²) in [6.07, 6.45) is 9.12. The summed E-state index contributed by atoms with van der Waals surface area (Å²) < 4.78 is 0. The number of likely N-dealkylation sites (tertiary alicyclic amines) is 1. The average Bonchev–Trinajstić information content (AvgIpc) is 2.51. The van der Waals surface area contributed by atoms with Crippen LogP contribution in [0.4, 0.5) is 4.79 Å². The van der Waals surface area contributed by atoms with E-state index in [9.17, 15) is 14.4 Å². The van der Waals surface area contributed by atoms with Gasteiger partial charge in [-0.3, -0.25) is 14.9 Å². The number of hydrogen-bond acceptors (Lipinski definition) is 3. The van der Waals surface area contributed by atoms with E-state index in [0.29, 0.717) is 12.0 Å². The van der Waals surface area contributed by atoms with Crippen LogP contribution in [0.1, 0.15) is 51.4 Å². The Labute approximate surface area is 131 Å². The summed E-state index contributed by atoms with van der Waals surface area (Å²) >= 11 is 0. The number of urea groups is 1. The van der Waals surface area contributed by atoms with Gasteiger partial charge in [-0.25, -0.2) is 4.79 Å². The van der Waals surface area contributed by atoms with Crippen LogP contribution in [-0.4, -0.2) is 53.8 Å². The van der Waals surface area contributed by atoms with Crippen LogP contribution in [0.15, 0.2) is 0 Å². The summed E-state index contributed by atoms with van der Waals surface area (Å²) in [5.74, 6) is -0.249. The molecule has 22 heavy (non-hydrogen) atoms. The maximum absolute atomic E-state index is 12.4. The second-order valence-electron chi connectivity index (χ2n) is 6.97. The number of nitrogens with one attached hydrogen (secondary N) is 1. The second kappa shape index (κ2) is 6.26. The molecule has 0 unspecified atom stereocenters. The molecule has 0 radical (unpaired) electrons. The summed E-state index contributed by atoms with van der Waals surface area (Å²) in [5, 5.41) is 2.26. The van der Waals surface area contributed by atoms with E-state index in [1.165, 1.54) is 37.0 Å². The minimum Gasteiger partial charge on any atom is -0.341 e. The Morgan fingerprint density at radius 2 is 1.68 bits per heavy atom. The van der Waals surface area contributed by atoms with Gasteiger partial charge >= 0.3 is 6.03 Å². The van der Waals surface area contributed by atoms with Crippen LogP contribution in [-0.2, 0) is 9.59 Å². The van der Waals surface area contributed by atoms with Gasteiger partial charge in [0.1, 0.15) is 6.54 Å². The molecular formula is C16H25N3O3. The van der Waals surface area contributed by atoms with E-state index < -0.39 is 6.03 Å². The topological polar surface area (TPSA) is 69.7 Å². The summed E-state index contributed by atoms with van der Waals surface area (Å²) in [4.78, 5) is 38.5. The van der Waals surface area contributed by atoms with Crippen molar-refractivity contribution in [3.63, 3.8) is 0 Å². The molecule has 3 rings (SSSR count). The molecule has 6 nitrogen and oxygen atoms in total. The van der Waals surface area contributed by atoms with Crippen molar-refractivity contribution in [3.8, 4) is 0 Å². The van der Waals surface area contributed by atoms with Crippen LogP contribution in [0.25, 0.3) is 0 Å². The van der Waals surface area contributed by atoms with E-state index in [4.69, 9.17) is 0 Å². The van der Waals surface area contributed by atoms with Crippen molar-refractivity contribution in [3.05, 3.63) is 0 Å². The Morgan fingerprint density at radius 1 is 1.00 bits per heavy atom. The zero-order chi connectivity index (χ0) is 15.6. The fraction of sp³-hybridized carbons (Fsp3) is 0.812. The molecule has 1 aliphatic carbocycles. The molecule has 2 saturated heterocycles. The molecule has 2 aliphatic heterocycles. The lowest BCUT2D eigenvalue weighted by Crippen LogP contribution is -2.54. The third-order valence-electron chi connectivity index (χ3n) is 5.56. The highest BCUT2D eigenvalue weighted by molar-refractivity contribution is 5.98. The SMILES string of the molecule is O=C1CCN(CC(=O)N2CCC3(CCCCC3)CC2)C(=O)N1. The minimum atomic E-state index is -0.439. The van der Waals surface area contributed by atoms with Crippen LogP contribution in [0, 0.1) is 5.41 Å². The van der Waals surface area contributed by atoms with Gasteiger partial charge in [0.15, 0.2) is 0 Å². The number of rotatable bonds is 2. The molecule has 0 aromatic heterocycles. The van der Waals surface area contributed by atoms with Crippen molar-refractivity contribution >= 4 is 17.8 Å². The molecule has 2 heterocycles. The predicted octanol–water partition coefficient (Wildman–Crippen LogP) is 1.50. The first-order valence-corrected chi connectivity index (χ1v) is 8.45. The number of hydrogen-bond donors (Lipinski definition) is 1. The van der Waals surface area contributed by atoms with E-state index in [1.54, 1.807) is 0 Å². The number of nitrogens with zero attached hydrogens (tertiary/aromatic N) is 2. The maximum Gasteiger partial charge on any atom is 0.324 e. The molecule has 1 N–H and O–H groups in total. The summed E-state index contributed by atoms with van der Waals surface area (Å²) in [7, 11) is 0. The van der Waals surface area contributed by atoms with E-state index in [0.717, 1.165) is 25.9 Å². The first-order chi connectivity index (χ1) is 10.6. The third kappa shape index (κ3) is 3.25. The van der Waals surface area contributed by atoms with Crippen molar-refractivity contribution in [1.29, 1.82) is 0 Å². The smallest absolute Gasteiger partial charge is 0.324 e. The number of carbonyl (C=O) groups excluding carboxylic acids is 3. The van der Waals surface area contributed by atoms with Crippen LogP contribution in [0.3, 0.4) is 0 Å². The third-order valence-corrected chi connectivity index (χ3v) is 5.56. The van der Waals surface area contributed by atoms with Gasteiger partial charge in [0, 0.05) is 26.1 Å². The maximum atomic E-state index is 12.4. The van der Waals surface area contributed by atoms with Gasteiger partial charge in [0.25, 0.3) is 0 Å². The Morgan fingerprint density at radius 3 is 2.32 bits per heavy atom. The number of amides is 4. The lowest BCUT2D eigenvalue weighted by molar-refractivity contribution is -0.135. The molecule has 6 heteroatoms. The Balaban J connectivity index is 1.49. The predicted molar refractivity (Wildman–Crippen MR) is 81.1 cm³/mol. The minimum absolute atomic E-state index is 0.00941. The van der Waals surface area contributed by atoms with Crippen LogP contribution in [0.2, 0.25) is 0 Å². The standard InChI is InChI=1S/C16H25N3O3/c20-13-4-9-19(15(22)17-13)12-14(21)18-10-7-16(8-11-18)5-2-1-3-6-16/h1-12H2,(H,17,20,22). The molecule has 1 saturated carbocycles. The first-order valence-electron chi connectivity index (χ1n) is 8.45. The summed E-state index contributed by atoms with van der Waals surface area (Å²) in [6, 6.07) is -0.439. The summed E-state index contributed by atoms with van der Waals surface area (Å²) in [5.41, 5.74) is 0.476. The van der Waals surface area contributed by atoms with E-state index >= 15 is 0 Å². The molecule has 0 aromatic carbocycles. The zero-order valence-electron chi connectivity index (χ0n) is 13.1. The number of piperidine rings is 1. The molecule has 122 valence electrons. The fourth-order valence-electron chi connectivity index (χ4n) is 4.05. The van der Waals surface area contributed by atoms with Gasteiger partial charge in [-0.05, 0) is 31.1 Å². The van der Waals surface area contributed by atoms with Crippen LogP contribution < -0.4 is 5.32 Å². The lowest BCUT2D eigenvalue weighted by Gasteiger charge is -2.44. The van der Waals surface area contributed by atoms with Gasteiger partial charge in [-0.15, -0.1) is 0 Å². The van der Waals surface area contributed by atoms with Gasteiger partial charge in [-0.1, -0.05) is 19.3 Å². The molecule has 0 atom stereocenters. The highest BCUT2D eigenvalue weighted by atomic mass is 16.2. The van der Waals surface area contributed by atoms with Gasteiger partial charge < -0.3 is 9.80 Å². The van der Waals surface area contributed by atoms with E-state index in [1.807, 2.05) is 4.90 Å². The zero-order valence-corrected chi connectivity index (χ0v) is 13.1. The quantitative estimate of drug-likeness (QED) is 0.840. The summed E-state index contributed by atoms with van der Waals surface area (Å²) in [6.45, 7) is 2.06. The lowest BCUT2D eigenvalue weighted by atomic mass is 9.68. The van der Waals surface area contributed by atoms with Gasteiger partial charge in [0.05, 0.1) is 0 Å². The average molecular weight is 307 g/mol. The molecule has 0 bridgehead atoms. The van der Waals surface area contributed by atoms with Crippen molar-refractivity contribution in [1.82, 2.24) is 15.1 Å². The molecule has 1 spiro atoms. The molecule has 3 aliphatic rings. The van der Waals surface area contributed by atoms with Gasteiger partial charge in [-0.2, -0.15) is 0 Å². The molecule has 3 fully saturated rings. The van der Waals surface area contributed by atoms with Crippen molar-refractivity contribution in [2.75, 3.05) is 26.2 Å². The van der Waals surface area contributed by atoms with E-state index in [-0.39, 0.29) is 24.8 Å². The highest BCUT2D eigenvalue weighted by Crippen LogP contribution is 2.44. The first kappa shape index (κ1) is 15.3. The molecule has 0 aromatic rings. The Hall–Kier alpha value is -1.59.